The van der Waals surface area contributed by atoms with E-state index in [2.05, 4.69) is 33.0 Å². The van der Waals surface area contributed by atoms with Crippen molar-refractivity contribution in [1.29, 1.82) is 0 Å². The van der Waals surface area contributed by atoms with Crippen molar-refractivity contribution in [3.8, 4) is 0 Å². The van der Waals surface area contributed by atoms with Gasteiger partial charge in [0.1, 0.15) is 0 Å². The first-order chi connectivity index (χ1) is 12.0. The molecule has 3 N–H and O–H groups in total. The second-order valence-corrected chi connectivity index (χ2v) is 6.65. The summed E-state index contributed by atoms with van der Waals surface area (Å²) in [6.07, 6.45) is 5.24. The maximum Gasteiger partial charge on any atom is 0.319 e. The zero-order valence-corrected chi connectivity index (χ0v) is 15.0. The third kappa shape index (κ3) is 6.97. The Morgan fingerprint density at radius 1 is 1.08 bits per heavy atom. The lowest BCUT2D eigenvalue weighted by atomic mass is 10.1. The Balaban J connectivity index is 1.67. The van der Waals surface area contributed by atoms with Gasteiger partial charge in [-0.15, -0.1) is 0 Å². The molecule has 0 aliphatic carbocycles. The molecule has 0 fully saturated rings. The van der Waals surface area contributed by atoms with Gasteiger partial charge in [0.05, 0.1) is 0 Å². The number of benzene rings is 1. The molecule has 0 radical (unpaired) electrons. The summed E-state index contributed by atoms with van der Waals surface area (Å²) < 4.78 is 0. The van der Waals surface area contributed by atoms with Crippen LogP contribution in [0, 0.1) is 5.92 Å². The van der Waals surface area contributed by atoms with Gasteiger partial charge in [0.15, 0.2) is 0 Å². The predicted octanol–water partition coefficient (Wildman–Crippen LogP) is 2.46. The Bertz CT molecular complexity index is 588. The first-order valence-corrected chi connectivity index (χ1v) is 8.85. The van der Waals surface area contributed by atoms with E-state index in [4.69, 9.17) is 0 Å². The largest absolute Gasteiger partial charge is 0.352 e. The number of nitrogens with one attached hydrogen (secondary N) is 3. The molecule has 1 aliphatic rings. The van der Waals surface area contributed by atoms with Crippen LogP contribution in [0.1, 0.15) is 30.6 Å². The summed E-state index contributed by atoms with van der Waals surface area (Å²) in [5.74, 6) is 0.316. The molecule has 6 nitrogen and oxygen atoms in total. The molecule has 0 saturated carbocycles. The molecule has 2 rings (SSSR count). The highest BCUT2D eigenvalue weighted by molar-refractivity contribution is 5.95. The quantitative estimate of drug-likeness (QED) is 0.501. The van der Waals surface area contributed by atoms with E-state index in [0.717, 1.165) is 26.1 Å². The van der Waals surface area contributed by atoms with Gasteiger partial charge in [0.25, 0.3) is 5.91 Å². The minimum Gasteiger partial charge on any atom is -0.352 e. The van der Waals surface area contributed by atoms with Crippen molar-refractivity contribution in [2.24, 2.45) is 5.92 Å². The molecule has 1 heterocycles. The summed E-state index contributed by atoms with van der Waals surface area (Å²) in [5.41, 5.74) is 1.26. The van der Waals surface area contributed by atoms with Crippen LogP contribution in [0.2, 0.25) is 0 Å². The zero-order valence-electron chi connectivity index (χ0n) is 15.0. The van der Waals surface area contributed by atoms with Crippen LogP contribution in [0.15, 0.2) is 36.4 Å². The normalized spacial score (nSPS) is 13.9. The van der Waals surface area contributed by atoms with E-state index in [1.807, 2.05) is 13.8 Å². The minimum atomic E-state index is -0.225. The minimum absolute atomic E-state index is 0.0962. The Hall–Kier alpha value is -2.34. The van der Waals surface area contributed by atoms with Gasteiger partial charge in [-0.25, -0.2) is 4.79 Å². The van der Waals surface area contributed by atoms with Crippen LogP contribution in [-0.4, -0.2) is 49.6 Å². The van der Waals surface area contributed by atoms with Crippen LogP contribution >= 0.6 is 0 Å². The Kier molecular flexibility index (Phi) is 7.47. The molecule has 0 aromatic heterocycles. The van der Waals surface area contributed by atoms with Gasteiger partial charge in [0.2, 0.25) is 0 Å². The van der Waals surface area contributed by atoms with E-state index in [0.29, 0.717) is 30.3 Å². The number of carbonyl (C=O) groups excluding carboxylic acids is 2. The molecule has 0 spiro atoms. The summed E-state index contributed by atoms with van der Waals surface area (Å²) in [6.45, 7) is 8.37. The van der Waals surface area contributed by atoms with E-state index in [1.165, 1.54) is 0 Å². The van der Waals surface area contributed by atoms with Crippen molar-refractivity contribution in [2.45, 2.75) is 20.3 Å². The lowest BCUT2D eigenvalue weighted by molar-refractivity contribution is 0.0949. The first-order valence-electron chi connectivity index (χ1n) is 8.85. The monoisotopic (exact) mass is 344 g/mol. The van der Waals surface area contributed by atoms with Gasteiger partial charge in [-0.05, 0) is 36.6 Å². The molecular weight excluding hydrogens is 316 g/mol. The summed E-state index contributed by atoms with van der Waals surface area (Å²) in [4.78, 5) is 26.1. The van der Waals surface area contributed by atoms with E-state index in [1.54, 1.807) is 24.3 Å². The number of carbonyl (C=O) groups is 2. The van der Waals surface area contributed by atoms with Gasteiger partial charge in [0, 0.05) is 44.0 Å². The van der Waals surface area contributed by atoms with Gasteiger partial charge < -0.3 is 16.0 Å². The highest BCUT2D eigenvalue weighted by Gasteiger charge is 2.08. The molecule has 1 aromatic carbocycles. The van der Waals surface area contributed by atoms with Crippen LogP contribution in [0.3, 0.4) is 0 Å². The van der Waals surface area contributed by atoms with Crippen molar-refractivity contribution in [3.05, 3.63) is 42.0 Å². The Morgan fingerprint density at radius 2 is 1.76 bits per heavy atom. The van der Waals surface area contributed by atoms with E-state index in [9.17, 15) is 9.59 Å². The van der Waals surface area contributed by atoms with Crippen molar-refractivity contribution in [1.82, 2.24) is 15.5 Å². The van der Waals surface area contributed by atoms with Gasteiger partial charge in [-0.1, -0.05) is 26.0 Å². The van der Waals surface area contributed by atoms with Crippen LogP contribution in [0.5, 0.6) is 0 Å². The van der Waals surface area contributed by atoms with Crippen LogP contribution in [-0.2, 0) is 0 Å². The molecule has 1 aromatic rings. The smallest absolute Gasteiger partial charge is 0.319 e. The maximum atomic E-state index is 11.9. The number of amides is 3. The summed E-state index contributed by atoms with van der Waals surface area (Å²) in [6, 6.07) is 6.67. The number of nitrogens with zero attached hydrogens (tertiary/aromatic N) is 1. The fraction of sp³-hybridized carbons (Fsp3) is 0.474. The molecular formula is C19H28N4O2. The van der Waals surface area contributed by atoms with Crippen molar-refractivity contribution in [3.63, 3.8) is 0 Å². The Labute approximate surface area is 149 Å². The van der Waals surface area contributed by atoms with Crippen LogP contribution < -0.4 is 16.0 Å². The standard InChI is InChI=1S/C19H28N4O2/c1-15(2)14-21-18(24)16-6-8-17(9-7-16)22-19(25)20-10-5-13-23-11-3-4-12-23/h3-4,6-9,15H,5,10-14H2,1-2H3,(H,21,24)(H2,20,22,25). The SMILES string of the molecule is CC(C)CNC(=O)c1ccc(NC(=O)NCCCN2CC=CC2)cc1. The second-order valence-electron chi connectivity index (χ2n) is 6.65. The molecule has 0 saturated heterocycles. The van der Waals surface area contributed by atoms with Crippen molar-refractivity contribution in [2.75, 3.05) is 38.0 Å². The lowest BCUT2D eigenvalue weighted by Crippen LogP contribution is -2.32. The van der Waals surface area contributed by atoms with E-state index in [-0.39, 0.29) is 11.9 Å². The number of hydrogen-bond donors (Lipinski definition) is 3. The van der Waals surface area contributed by atoms with Gasteiger partial charge in [-0.2, -0.15) is 0 Å². The van der Waals surface area contributed by atoms with Gasteiger partial charge in [-0.3, -0.25) is 9.69 Å². The number of urea groups is 1. The van der Waals surface area contributed by atoms with Crippen molar-refractivity contribution >= 4 is 17.6 Å². The number of hydrogen-bond acceptors (Lipinski definition) is 3. The summed E-state index contributed by atoms with van der Waals surface area (Å²) in [5, 5.41) is 8.50. The van der Waals surface area contributed by atoms with Crippen LogP contribution in [0.25, 0.3) is 0 Å². The molecule has 1 aliphatic heterocycles. The summed E-state index contributed by atoms with van der Waals surface area (Å²) >= 11 is 0. The lowest BCUT2D eigenvalue weighted by Gasteiger charge is -2.14. The highest BCUT2D eigenvalue weighted by Crippen LogP contribution is 2.09. The third-order valence-electron chi connectivity index (χ3n) is 3.91. The van der Waals surface area contributed by atoms with E-state index >= 15 is 0 Å². The van der Waals surface area contributed by atoms with E-state index < -0.39 is 0 Å². The average Bonchev–Trinajstić information content (AvgIpc) is 3.10. The molecule has 0 unspecified atom stereocenters. The zero-order chi connectivity index (χ0) is 18.1. The molecule has 0 atom stereocenters. The number of anilines is 1. The van der Waals surface area contributed by atoms with Crippen LogP contribution in [0.4, 0.5) is 10.5 Å². The fourth-order valence-corrected chi connectivity index (χ4v) is 2.49. The average molecular weight is 344 g/mol. The maximum absolute atomic E-state index is 11.9. The summed E-state index contributed by atoms with van der Waals surface area (Å²) in [7, 11) is 0. The molecule has 25 heavy (non-hydrogen) atoms. The molecule has 6 heteroatoms. The Morgan fingerprint density at radius 3 is 2.40 bits per heavy atom. The number of rotatable bonds is 8. The van der Waals surface area contributed by atoms with Crippen molar-refractivity contribution < 1.29 is 9.59 Å². The highest BCUT2D eigenvalue weighted by atomic mass is 16.2. The predicted molar refractivity (Wildman–Crippen MR) is 101 cm³/mol. The molecule has 0 bridgehead atoms. The topological polar surface area (TPSA) is 73.5 Å². The second kappa shape index (κ2) is 9.84. The first kappa shape index (κ1) is 19.0. The third-order valence-corrected chi connectivity index (χ3v) is 3.91. The molecule has 136 valence electrons. The molecule has 3 amide bonds. The fourth-order valence-electron chi connectivity index (χ4n) is 2.49. The van der Waals surface area contributed by atoms with Gasteiger partial charge >= 0.3 is 6.03 Å².